The van der Waals surface area contributed by atoms with E-state index in [1.807, 2.05) is 12.1 Å². The molecule has 1 amide bonds. The number of hydrogen-bond donors (Lipinski definition) is 1. The van der Waals surface area contributed by atoms with E-state index < -0.39 is 0 Å². The number of amides is 1. The highest BCUT2D eigenvalue weighted by Gasteiger charge is 2.11. The predicted octanol–water partition coefficient (Wildman–Crippen LogP) is 4.35. The third kappa shape index (κ3) is 5.33. The van der Waals surface area contributed by atoms with E-state index in [4.69, 9.17) is 4.52 Å². The molecule has 6 heteroatoms. The van der Waals surface area contributed by atoms with Crippen LogP contribution in [0.1, 0.15) is 53.0 Å². The van der Waals surface area contributed by atoms with Gasteiger partial charge in [-0.05, 0) is 68.2 Å². The molecule has 0 radical (unpaired) electrons. The molecule has 0 spiro atoms. The summed E-state index contributed by atoms with van der Waals surface area (Å²) in [6.07, 6.45) is 5.32. The molecule has 2 aromatic carbocycles. The second-order valence-electron chi connectivity index (χ2n) is 7.91. The first-order valence-corrected chi connectivity index (χ1v) is 10.7. The number of benzene rings is 2. The summed E-state index contributed by atoms with van der Waals surface area (Å²) in [5, 5.41) is 6.78. The number of rotatable bonds is 6. The van der Waals surface area contributed by atoms with E-state index in [0.29, 0.717) is 23.8 Å². The van der Waals surface area contributed by atoms with Crippen molar-refractivity contribution in [2.45, 2.75) is 45.7 Å². The van der Waals surface area contributed by atoms with Crippen molar-refractivity contribution in [2.75, 3.05) is 13.1 Å². The summed E-state index contributed by atoms with van der Waals surface area (Å²) in [5.74, 6) is 0.945. The molecule has 30 heavy (non-hydrogen) atoms. The summed E-state index contributed by atoms with van der Waals surface area (Å²) < 4.78 is 5.16. The third-order valence-electron chi connectivity index (χ3n) is 5.50. The first kappa shape index (κ1) is 20.3. The molecular formula is C24H28N4O2. The van der Waals surface area contributed by atoms with Gasteiger partial charge < -0.3 is 9.84 Å². The number of likely N-dealkylation sites (tertiary alicyclic amines) is 1. The van der Waals surface area contributed by atoms with E-state index in [2.05, 4.69) is 44.6 Å². The predicted molar refractivity (Wildman–Crippen MR) is 116 cm³/mol. The van der Waals surface area contributed by atoms with Crippen LogP contribution in [0.2, 0.25) is 0 Å². The summed E-state index contributed by atoms with van der Waals surface area (Å²) in [5.41, 5.74) is 3.83. The van der Waals surface area contributed by atoms with Gasteiger partial charge in [-0.2, -0.15) is 4.98 Å². The summed E-state index contributed by atoms with van der Waals surface area (Å²) >= 11 is 0. The SMILES string of the molecule is Cc1noc(-c2ccc(C(=O)NCc3ccc(CN4CCCCCC4)cc3)cc2)n1. The maximum absolute atomic E-state index is 12.5. The smallest absolute Gasteiger partial charge is 0.257 e. The highest BCUT2D eigenvalue weighted by atomic mass is 16.5. The molecule has 1 aliphatic rings. The lowest BCUT2D eigenvalue weighted by atomic mass is 10.1. The fraction of sp³-hybridized carbons (Fsp3) is 0.375. The van der Waals surface area contributed by atoms with E-state index in [1.54, 1.807) is 19.1 Å². The Hall–Kier alpha value is -2.99. The molecule has 1 saturated heterocycles. The van der Waals surface area contributed by atoms with Crippen molar-refractivity contribution in [3.05, 3.63) is 71.0 Å². The van der Waals surface area contributed by atoms with Crippen LogP contribution < -0.4 is 5.32 Å². The first-order chi connectivity index (χ1) is 14.7. The zero-order chi connectivity index (χ0) is 20.8. The van der Waals surface area contributed by atoms with Crippen LogP contribution in [0.3, 0.4) is 0 Å². The molecule has 2 heterocycles. The molecule has 1 N–H and O–H groups in total. The van der Waals surface area contributed by atoms with Crippen molar-refractivity contribution in [1.29, 1.82) is 0 Å². The molecule has 0 atom stereocenters. The lowest BCUT2D eigenvalue weighted by molar-refractivity contribution is 0.0951. The lowest BCUT2D eigenvalue weighted by Crippen LogP contribution is -2.24. The number of nitrogens with zero attached hydrogens (tertiary/aromatic N) is 3. The van der Waals surface area contributed by atoms with Crippen LogP contribution >= 0.6 is 0 Å². The zero-order valence-electron chi connectivity index (χ0n) is 17.4. The Morgan fingerprint density at radius 2 is 1.63 bits per heavy atom. The van der Waals surface area contributed by atoms with Gasteiger partial charge in [0.25, 0.3) is 11.8 Å². The van der Waals surface area contributed by atoms with Crippen LogP contribution in [0.15, 0.2) is 53.1 Å². The van der Waals surface area contributed by atoms with Gasteiger partial charge in [0.05, 0.1) is 0 Å². The normalized spacial score (nSPS) is 15.0. The molecule has 4 rings (SSSR count). The van der Waals surface area contributed by atoms with E-state index in [9.17, 15) is 4.79 Å². The number of nitrogens with one attached hydrogen (secondary N) is 1. The van der Waals surface area contributed by atoms with Crippen LogP contribution in [0.4, 0.5) is 0 Å². The Labute approximate surface area is 177 Å². The second-order valence-corrected chi connectivity index (χ2v) is 7.91. The zero-order valence-corrected chi connectivity index (χ0v) is 17.4. The summed E-state index contributed by atoms with van der Waals surface area (Å²) in [6, 6.07) is 15.7. The van der Waals surface area contributed by atoms with Gasteiger partial charge in [0.1, 0.15) is 0 Å². The summed E-state index contributed by atoms with van der Waals surface area (Å²) in [6.45, 7) is 5.69. The molecule has 1 fully saturated rings. The second kappa shape index (κ2) is 9.67. The van der Waals surface area contributed by atoms with Crippen molar-refractivity contribution in [3.63, 3.8) is 0 Å². The van der Waals surface area contributed by atoms with Gasteiger partial charge in [-0.25, -0.2) is 0 Å². The minimum atomic E-state index is -0.100. The maximum Gasteiger partial charge on any atom is 0.257 e. The molecule has 0 aliphatic carbocycles. The number of carbonyl (C=O) groups is 1. The highest BCUT2D eigenvalue weighted by Crippen LogP contribution is 2.18. The van der Waals surface area contributed by atoms with Gasteiger partial charge in [-0.3, -0.25) is 9.69 Å². The molecule has 3 aromatic rings. The topological polar surface area (TPSA) is 71.3 Å². The van der Waals surface area contributed by atoms with E-state index in [0.717, 1.165) is 17.7 Å². The number of aromatic nitrogens is 2. The van der Waals surface area contributed by atoms with Crippen LogP contribution in [0, 0.1) is 6.92 Å². The van der Waals surface area contributed by atoms with Gasteiger partial charge in [0, 0.05) is 24.2 Å². The lowest BCUT2D eigenvalue weighted by Gasteiger charge is -2.19. The van der Waals surface area contributed by atoms with Crippen molar-refractivity contribution >= 4 is 5.91 Å². The van der Waals surface area contributed by atoms with Gasteiger partial charge in [0.15, 0.2) is 5.82 Å². The molecule has 0 saturated carbocycles. The van der Waals surface area contributed by atoms with Crippen LogP contribution in [-0.2, 0) is 13.1 Å². The molecule has 0 unspecified atom stereocenters. The van der Waals surface area contributed by atoms with Crippen molar-refractivity contribution in [1.82, 2.24) is 20.4 Å². The Morgan fingerprint density at radius 1 is 0.967 bits per heavy atom. The average Bonchev–Trinajstić information content (AvgIpc) is 3.05. The number of hydrogen-bond acceptors (Lipinski definition) is 5. The Morgan fingerprint density at radius 3 is 2.27 bits per heavy atom. The van der Waals surface area contributed by atoms with Crippen LogP contribution in [0.5, 0.6) is 0 Å². The fourth-order valence-corrected chi connectivity index (χ4v) is 3.78. The molecule has 6 nitrogen and oxygen atoms in total. The van der Waals surface area contributed by atoms with E-state index >= 15 is 0 Å². The van der Waals surface area contributed by atoms with Crippen LogP contribution in [0.25, 0.3) is 11.5 Å². The standard InChI is InChI=1S/C24H28N4O2/c1-18-26-24(30-27-18)22-12-10-21(11-13-22)23(29)25-16-19-6-8-20(9-7-19)17-28-14-4-2-3-5-15-28/h6-13H,2-5,14-17H2,1H3,(H,25,29). The van der Waals surface area contributed by atoms with E-state index in [-0.39, 0.29) is 5.91 Å². The maximum atomic E-state index is 12.5. The monoisotopic (exact) mass is 404 g/mol. The minimum Gasteiger partial charge on any atom is -0.348 e. The quantitative estimate of drug-likeness (QED) is 0.661. The van der Waals surface area contributed by atoms with E-state index in [1.165, 1.54) is 44.3 Å². The Balaban J connectivity index is 1.29. The number of carbonyl (C=O) groups excluding carboxylic acids is 1. The van der Waals surface area contributed by atoms with Crippen molar-refractivity contribution in [2.24, 2.45) is 0 Å². The van der Waals surface area contributed by atoms with Gasteiger partial charge in [0.2, 0.25) is 0 Å². The van der Waals surface area contributed by atoms with Gasteiger partial charge in [-0.1, -0.05) is 42.3 Å². The Kier molecular flexibility index (Phi) is 6.54. The fourth-order valence-electron chi connectivity index (χ4n) is 3.78. The molecule has 0 bridgehead atoms. The van der Waals surface area contributed by atoms with Gasteiger partial charge in [-0.15, -0.1) is 0 Å². The van der Waals surface area contributed by atoms with Crippen LogP contribution in [-0.4, -0.2) is 34.0 Å². The Bertz CT molecular complexity index is 956. The van der Waals surface area contributed by atoms with Gasteiger partial charge >= 0.3 is 0 Å². The first-order valence-electron chi connectivity index (χ1n) is 10.7. The largest absolute Gasteiger partial charge is 0.348 e. The minimum absolute atomic E-state index is 0.100. The van der Waals surface area contributed by atoms with Crippen molar-refractivity contribution < 1.29 is 9.32 Å². The number of aryl methyl sites for hydroxylation is 1. The molecule has 156 valence electrons. The summed E-state index contributed by atoms with van der Waals surface area (Å²) in [4.78, 5) is 19.2. The summed E-state index contributed by atoms with van der Waals surface area (Å²) in [7, 11) is 0. The average molecular weight is 405 g/mol. The highest BCUT2D eigenvalue weighted by molar-refractivity contribution is 5.94. The molecule has 1 aliphatic heterocycles. The molecule has 1 aromatic heterocycles. The van der Waals surface area contributed by atoms with Crippen molar-refractivity contribution in [3.8, 4) is 11.5 Å². The molecular weight excluding hydrogens is 376 g/mol. The third-order valence-corrected chi connectivity index (χ3v) is 5.50.